The third-order valence-electron chi connectivity index (χ3n) is 5.92. The molecule has 23 heavy (non-hydrogen) atoms. The van der Waals surface area contributed by atoms with E-state index in [9.17, 15) is 4.79 Å². The molecule has 2 spiro atoms. The summed E-state index contributed by atoms with van der Waals surface area (Å²) in [5.41, 5.74) is 6.11. The minimum atomic E-state index is -0.637. The molecule has 124 valence electrons. The molecular formula is C17H21BrN2O3. The number of pyridine rings is 1. The van der Waals surface area contributed by atoms with Crippen molar-refractivity contribution >= 4 is 21.8 Å². The van der Waals surface area contributed by atoms with E-state index in [0.717, 1.165) is 48.7 Å². The lowest BCUT2D eigenvalue weighted by atomic mass is 9.46. The minimum Gasteiger partial charge on any atom is -0.369 e. The van der Waals surface area contributed by atoms with Crippen LogP contribution in [0, 0.1) is 5.41 Å². The lowest BCUT2D eigenvalue weighted by Gasteiger charge is -2.58. The summed E-state index contributed by atoms with van der Waals surface area (Å²) in [5, 5.41) is 0. The summed E-state index contributed by atoms with van der Waals surface area (Å²) in [6, 6.07) is 3.78. The highest BCUT2D eigenvalue weighted by molar-refractivity contribution is 9.10. The maximum Gasteiger partial charge on any atom is 0.229 e. The first-order chi connectivity index (χ1) is 11.0. The molecule has 0 bridgehead atoms. The molecule has 4 rings (SSSR count). The lowest BCUT2D eigenvalue weighted by Crippen LogP contribution is -2.59. The van der Waals surface area contributed by atoms with Gasteiger partial charge in [0.1, 0.15) is 0 Å². The number of carbonyl (C=O) groups is 1. The summed E-state index contributed by atoms with van der Waals surface area (Å²) in [7, 11) is 0. The van der Waals surface area contributed by atoms with Crippen molar-refractivity contribution in [2.45, 2.75) is 49.7 Å². The number of nitrogens with two attached hydrogens (primary N) is 1. The van der Waals surface area contributed by atoms with E-state index in [4.69, 9.17) is 15.2 Å². The predicted molar refractivity (Wildman–Crippen MR) is 87.6 cm³/mol. The zero-order chi connectivity index (χ0) is 16.1. The molecule has 0 atom stereocenters. The number of halogens is 1. The van der Waals surface area contributed by atoms with E-state index in [-0.39, 0.29) is 17.1 Å². The molecule has 1 aromatic rings. The molecule has 1 amide bonds. The van der Waals surface area contributed by atoms with E-state index in [1.807, 2.05) is 12.1 Å². The topological polar surface area (TPSA) is 74.4 Å². The third kappa shape index (κ3) is 2.34. The Bertz CT molecular complexity index is 624. The average molecular weight is 381 g/mol. The van der Waals surface area contributed by atoms with Crippen molar-refractivity contribution in [2.75, 3.05) is 13.2 Å². The summed E-state index contributed by atoms with van der Waals surface area (Å²) in [4.78, 5) is 16.7. The monoisotopic (exact) mass is 380 g/mol. The maximum atomic E-state index is 12.2. The van der Waals surface area contributed by atoms with Gasteiger partial charge in [0.05, 0.1) is 24.3 Å². The summed E-state index contributed by atoms with van der Waals surface area (Å²) in [6.07, 6.45) is 7.14. The first kappa shape index (κ1) is 15.5. The minimum absolute atomic E-state index is 0.173. The van der Waals surface area contributed by atoms with Gasteiger partial charge in [-0.25, -0.2) is 0 Å². The highest BCUT2D eigenvalue weighted by Gasteiger charge is 2.62. The standard InChI is InChI=1S/C17H21BrN2O3/c18-12-2-1-7-20-13(12)16(14(19)21)10-15(11-16)3-5-17(6-4-15)22-8-9-23-17/h1-2,7H,3-6,8-11H2,(H2,19,21). The van der Waals surface area contributed by atoms with Crippen LogP contribution < -0.4 is 5.73 Å². The predicted octanol–water partition coefficient (Wildman–Crippen LogP) is 2.66. The van der Waals surface area contributed by atoms with Crippen LogP contribution in [0.1, 0.15) is 44.2 Å². The van der Waals surface area contributed by atoms with Gasteiger partial charge in [0.25, 0.3) is 0 Å². The number of ether oxygens (including phenoxy) is 2. The van der Waals surface area contributed by atoms with E-state index in [2.05, 4.69) is 20.9 Å². The average Bonchev–Trinajstić information content (AvgIpc) is 2.95. The normalized spacial score (nSPS) is 27.0. The fourth-order valence-corrected chi connectivity index (χ4v) is 5.36. The second-order valence-corrected chi connectivity index (χ2v) is 8.10. The van der Waals surface area contributed by atoms with Gasteiger partial charge in [0, 0.05) is 23.5 Å². The Morgan fingerprint density at radius 1 is 1.17 bits per heavy atom. The van der Waals surface area contributed by atoms with E-state index in [1.54, 1.807) is 6.20 Å². The van der Waals surface area contributed by atoms with Gasteiger partial charge < -0.3 is 15.2 Å². The van der Waals surface area contributed by atoms with Crippen LogP contribution in [-0.2, 0) is 19.7 Å². The quantitative estimate of drug-likeness (QED) is 0.855. The number of hydrogen-bond donors (Lipinski definition) is 1. The molecule has 3 fully saturated rings. The van der Waals surface area contributed by atoms with Crippen molar-refractivity contribution < 1.29 is 14.3 Å². The largest absolute Gasteiger partial charge is 0.369 e. The Hall–Kier alpha value is -0.980. The molecule has 0 unspecified atom stereocenters. The number of nitrogens with zero attached hydrogens (tertiary/aromatic N) is 1. The van der Waals surface area contributed by atoms with Crippen LogP contribution in [0.4, 0.5) is 0 Å². The number of aromatic nitrogens is 1. The second kappa shape index (κ2) is 5.26. The van der Waals surface area contributed by atoms with E-state index < -0.39 is 5.41 Å². The SMILES string of the molecule is NC(=O)C1(c2ncccc2Br)CC2(CCC3(CC2)OCCO3)C1. The van der Waals surface area contributed by atoms with Gasteiger partial charge >= 0.3 is 0 Å². The van der Waals surface area contributed by atoms with Crippen molar-refractivity contribution in [3.05, 3.63) is 28.5 Å². The van der Waals surface area contributed by atoms with Gasteiger partial charge in [-0.3, -0.25) is 9.78 Å². The molecule has 0 radical (unpaired) electrons. The molecule has 2 N–H and O–H groups in total. The van der Waals surface area contributed by atoms with Crippen molar-refractivity contribution in [1.29, 1.82) is 0 Å². The molecule has 6 heteroatoms. The highest BCUT2D eigenvalue weighted by Crippen LogP contribution is 2.63. The second-order valence-electron chi connectivity index (χ2n) is 7.24. The first-order valence-corrected chi connectivity index (χ1v) is 8.98. The number of primary amides is 1. The number of hydrogen-bond acceptors (Lipinski definition) is 4. The molecule has 2 heterocycles. The lowest BCUT2D eigenvalue weighted by molar-refractivity contribution is -0.205. The van der Waals surface area contributed by atoms with Crippen LogP contribution >= 0.6 is 15.9 Å². The van der Waals surface area contributed by atoms with Gasteiger partial charge in [0.2, 0.25) is 5.91 Å². The zero-order valence-corrected chi connectivity index (χ0v) is 14.6. The Morgan fingerprint density at radius 2 is 1.83 bits per heavy atom. The van der Waals surface area contributed by atoms with Gasteiger partial charge in [-0.1, -0.05) is 0 Å². The Balaban J connectivity index is 1.54. The van der Waals surface area contributed by atoms with Crippen LogP contribution in [0.3, 0.4) is 0 Å². The number of carbonyl (C=O) groups excluding carboxylic acids is 1. The van der Waals surface area contributed by atoms with Gasteiger partial charge in [-0.2, -0.15) is 0 Å². The van der Waals surface area contributed by atoms with Gasteiger partial charge in [0.15, 0.2) is 5.79 Å². The molecule has 1 saturated heterocycles. The summed E-state index contributed by atoms with van der Waals surface area (Å²) < 4.78 is 12.5. The van der Waals surface area contributed by atoms with Crippen molar-refractivity contribution in [3.63, 3.8) is 0 Å². The van der Waals surface area contributed by atoms with Crippen molar-refractivity contribution in [2.24, 2.45) is 11.1 Å². The van der Waals surface area contributed by atoms with E-state index in [1.165, 1.54) is 0 Å². The fourth-order valence-electron chi connectivity index (χ4n) is 4.73. The maximum absolute atomic E-state index is 12.2. The van der Waals surface area contributed by atoms with Crippen molar-refractivity contribution in [3.8, 4) is 0 Å². The Kier molecular flexibility index (Phi) is 3.55. The van der Waals surface area contributed by atoms with Crippen molar-refractivity contribution in [1.82, 2.24) is 4.98 Å². The van der Waals surface area contributed by atoms with Crippen LogP contribution in [0.5, 0.6) is 0 Å². The molecular weight excluding hydrogens is 360 g/mol. The summed E-state index contributed by atoms with van der Waals surface area (Å²) in [5.74, 6) is -0.627. The smallest absolute Gasteiger partial charge is 0.229 e. The van der Waals surface area contributed by atoms with E-state index in [0.29, 0.717) is 13.2 Å². The van der Waals surface area contributed by atoms with Crippen LogP contribution in [0.2, 0.25) is 0 Å². The Labute approximate surface area is 144 Å². The fraction of sp³-hybridized carbons (Fsp3) is 0.647. The van der Waals surface area contributed by atoms with E-state index >= 15 is 0 Å². The van der Waals surface area contributed by atoms with Crippen LogP contribution in [-0.4, -0.2) is 29.9 Å². The number of rotatable bonds is 2. The van der Waals surface area contributed by atoms with Gasteiger partial charge in [-0.15, -0.1) is 0 Å². The zero-order valence-electron chi connectivity index (χ0n) is 13.0. The van der Waals surface area contributed by atoms with Crippen LogP contribution in [0.25, 0.3) is 0 Å². The number of amides is 1. The van der Waals surface area contributed by atoms with Crippen LogP contribution in [0.15, 0.2) is 22.8 Å². The molecule has 2 aliphatic carbocycles. The highest BCUT2D eigenvalue weighted by atomic mass is 79.9. The Morgan fingerprint density at radius 3 is 2.39 bits per heavy atom. The first-order valence-electron chi connectivity index (χ1n) is 8.18. The molecule has 5 nitrogen and oxygen atoms in total. The molecule has 1 aliphatic heterocycles. The molecule has 0 aromatic carbocycles. The van der Waals surface area contributed by atoms with Gasteiger partial charge in [-0.05, 0) is 59.2 Å². The third-order valence-corrected chi connectivity index (χ3v) is 6.56. The molecule has 2 saturated carbocycles. The summed E-state index contributed by atoms with van der Waals surface area (Å²) in [6.45, 7) is 1.39. The molecule has 1 aromatic heterocycles. The molecule has 3 aliphatic rings. The summed E-state index contributed by atoms with van der Waals surface area (Å²) >= 11 is 3.53.